The number of nitrogens with zero attached hydrogens (tertiary/aromatic N) is 1. The molecule has 1 heterocycles. The minimum absolute atomic E-state index is 0.0347. The third-order valence-electron chi connectivity index (χ3n) is 3.02. The summed E-state index contributed by atoms with van der Waals surface area (Å²) in [7, 11) is 1.78. The van der Waals surface area contributed by atoms with E-state index in [1.165, 1.54) is 0 Å². The Morgan fingerprint density at radius 2 is 2.31 bits per heavy atom. The SMILES string of the molecule is CCNC(=O)C(C)N1CCCC(NC)C1=O. The molecule has 5 nitrogen and oxygen atoms in total. The maximum atomic E-state index is 12.0. The smallest absolute Gasteiger partial charge is 0.242 e. The second-order valence-electron chi connectivity index (χ2n) is 4.09. The van der Waals surface area contributed by atoms with Crippen molar-refractivity contribution in [2.24, 2.45) is 0 Å². The molecule has 16 heavy (non-hydrogen) atoms. The maximum absolute atomic E-state index is 12.0. The van der Waals surface area contributed by atoms with E-state index in [-0.39, 0.29) is 23.9 Å². The van der Waals surface area contributed by atoms with Crippen LogP contribution in [-0.2, 0) is 9.59 Å². The number of rotatable bonds is 4. The summed E-state index contributed by atoms with van der Waals surface area (Å²) in [5, 5.41) is 5.73. The van der Waals surface area contributed by atoms with Gasteiger partial charge in [-0.15, -0.1) is 0 Å². The van der Waals surface area contributed by atoms with Gasteiger partial charge in [-0.25, -0.2) is 0 Å². The van der Waals surface area contributed by atoms with Gasteiger partial charge in [-0.2, -0.15) is 0 Å². The van der Waals surface area contributed by atoms with Gasteiger partial charge in [0.2, 0.25) is 11.8 Å². The van der Waals surface area contributed by atoms with E-state index in [9.17, 15) is 9.59 Å². The average molecular weight is 227 g/mol. The Kier molecular flexibility index (Phi) is 4.73. The largest absolute Gasteiger partial charge is 0.355 e. The van der Waals surface area contributed by atoms with Crippen LogP contribution in [0.3, 0.4) is 0 Å². The number of hydrogen-bond donors (Lipinski definition) is 2. The molecule has 2 N–H and O–H groups in total. The summed E-state index contributed by atoms with van der Waals surface area (Å²) < 4.78 is 0. The number of piperidine rings is 1. The van der Waals surface area contributed by atoms with Crippen LogP contribution in [0.4, 0.5) is 0 Å². The molecule has 0 spiro atoms. The summed E-state index contributed by atoms with van der Waals surface area (Å²) in [6.07, 6.45) is 1.80. The molecule has 0 aromatic rings. The van der Waals surface area contributed by atoms with Crippen molar-refractivity contribution in [1.29, 1.82) is 0 Å². The monoisotopic (exact) mass is 227 g/mol. The highest BCUT2D eigenvalue weighted by atomic mass is 16.2. The first kappa shape index (κ1) is 13.0. The molecule has 5 heteroatoms. The molecular weight excluding hydrogens is 206 g/mol. The van der Waals surface area contributed by atoms with Crippen molar-refractivity contribution >= 4 is 11.8 Å². The lowest BCUT2D eigenvalue weighted by molar-refractivity contribution is -0.143. The molecule has 92 valence electrons. The summed E-state index contributed by atoms with van der Waals surface area (Å²) in [6, 6.07) is -0.505. The van der Waals surface area contributed by atoms with Crippen molar-refractivity contribution in [3.05, 3.63) is 0 Å². The van der Waals surface area contributed by atoms with Crippen LogP contribution in [0.5, 0.6) is 0 Å². The summed E-state index contributed by atoms with van der Waals surface area (Å²) in [4.78, 5) is 25.3. The molecule has 2 amide bonds. The molecule has 1 saturated heterocycles. The second-order valence-corrected chi connectivity index (χ2v) is 4.09. The average Bonchev–Trinajstić information content (AvgIpc) is 2.29. The van der Waals surface area contributed by atoms with Crippen LogP contribution in [0.1, 0.15) is 26.7 Å². The highest BCUT2D eigenvalue weighted by Gasteiger charge is 2.32. The van der Waals surface area contributed by atoms with Gasteiger partial charge in [0.25, 0.3) is 0 Å². The van der Waals surface area contributed by atoms with E-state index >= 15 is 0 Å². The number of hydrogen-bond acceptors (Lipinski definition) is 3. The normalized spacial score (nSPS) is 23.1. The standard InChI is InChI=1S/C11H21N3O2/c1-4-13-10(15)8(2)14-7-5-6-9(12-3)11(14)16/h8-9,12H,4-7H2,1-3H3,(H,13,15). The van der Waals surface area contributed by atoms with Gasteiger partial charge in [0, 0.05) is 13.1 Å². The molecule has 0 bridgehead atoms. The van der Waals surface area contributed by atoms with Crippen LogP contribution in [0.25, 0.3) is 0 Å². The van der Waals surface area contributed by atoms with E-state index in [0.29, 0.717) is 13.1 Å². The number of nitrogens with one attached hydrogen (secondary N) is 2. The quantitative estimate of drug-likeness (QED) is 0.694. The predicted molar refractivity (Wildman–Crippen MR) is 61.9 cm³/mol. The molecule has 0 aliphatic carbocycles. The summed E-state index contributed by atoms with van der Waals surface area (Å²) in [5.41, 5.74) is 0. The fourth-order valence-corrected chi connectivity index (χ4v) is 2.02. The molecule has 0 aromatic carbocycles. The Hall–Kier alpha value is -1.10. The fourth-order valence-electron chi connectivity index (χ4n) is 2.02. The zero-order valence-corrected chi connectivity index (χ0v) is 10.2. The highest BCUT2D eigenvalue weighted by Crippen LogP contribution is 2.14. The lowest BCUT2D eigenvalue weighted by Gasteiger charge is -2.35. The van der Waals surface area contributed by atoms with E-state index in [2.05, 4.69) is 10.6 Å². The lowest BCUT2D eigenvalue weighted by atomic mass is 10.0. The van der Waals surface area contributed by atoms with E-state index in [0.717, 1.165) is 12.8 Å². The van der Waals surface area contributed by atoms with Gasteiger partial charge in [-0.1, -0.05) is 0 Å². The van der Waals surface area contributed by atoms with Crippen molar-refractivity contribution in [3.63, 3.8) is 0 Å². The number of carbonyl (C=O) groups excluding carboxylic acids is 2. The van der Waals surface area contributed by atoms with Crippen LogP contribution in [-0.4, -0.2) is 48.9 Å². The molecule has 0 aromatic heterocycles. The van der Waals surface area contributed by atoms with Gasteiger partial charge >= 0.3 is 0 Å². The van der Waals surface area contributed by atoms with E-state index < -0.39 is 0 Å². The van der Waals surface area contributed by atoms with Crippen molar-refractivity contribution in [2.75, 3.05) is 20.1 Å². The van der Waals surface area contributed by atoms with Gasteiger partial charge in [0.1, 0.15) is 6.04 Å². The van der Waals surface area contributed by atoms with Crippen LogP contribution < -0.4 is 10.6 Å². The van der Waals surface area contributed by atoms with Crippen molar-refractivity contribution in [2.45, 2.75) is 38.8 Å². The van der Waals surface area contributed by atoms with E-state index in [1.807, 2.05) is 6.92 Å². The van der Waals surface area contributed by atoms with Crippen LogP contribution in [0.2, 0.25) is 0 Å². The minimum Gasteiger partial charge on any atom is -0.355 e. The van der Waals surface area contributed by atoms with Gasteiger partial charge in [-0.3, -0.25) is 9.59 Å². The number of amides is 2. The number of carbonyl (C=O) groups is 2. The Bertz CT molecular complexity index is 268. The van der Waals surface area contributed by atoms with Crippen molar-refractivity contribution in [1.82, 2.24) is 15.5 Å². The lowest BCUT2D eigenvalue weighted by Crippen LogP contribution is -2.56. The number of likely N-dealkylation sites (N-methyl/N-ethyl adjacent to an activating group) is 2. The summed E-state index contributed by atoms with van der Waals surface area (Å²) in [5.74, 6) is -0.0416. The molecule has 1 rings (SSSR count). The van der Waals surface area contributed by atoms with Crippen molar-refractivity contribution < 1.29 is 9.59 Å². The number of likely N-dealkylation sites (tertiary alicyclic amines) is 1. The predicted octanol–water partition coefficient (Wildman–Crippen LogP) is -0.279. The van der Waals surface area contributed by atoms with Crippen LogP contribution in [0.15, 0.2) is 0 Å². The zero-order valence-electron chi connectivity index (χ0n) is 10.2. The molecule has 1 aliphatic heterocycles. The highest BCUT2D eigenvalue weighted by molar-refractivity contribution is 5.90. The third kappa shape index (κ3) is 2.72. The van der Waals surface area contributed by atoms with E-state index in [4.69, 9.17) is 0 Å². The Morgan fingerprint density at radius 1 is 1.62 bits per heavy atom. The topological polar surface area (TPSA) is 61.4 Å². The first-order valence-corrected chi connectivity index (χ1v) is 5.87. The Morgan fingerprint density at radius 3 is 2.88 bits per heavy atom. The fraction of sp³-hybridized carbons (Fsp3) is 0.818. The summed E-state index contributed by atoms with van der Waals surface area (Å²) >= 11 is 0. The molecule has 0 radical (unpaired) electrons. The molecule has 1 fully saturated rings. The zero-order chi connectivity index (χ0) is 12.1. The third-order valence-corrected chi connectivity index (χ3v) is 3.02. The van der Waals surface area contributed by atoms with Gasteiger partial charge in [0.05, 0.1) is 6.04 Å². The summed E-state index contributed by atoms with van der Waals surface area (Å²) in [6.45, 7) is 4.93. The van der Waals surface area contributed by atoms with Gasteiger partial charge in [0.15, 0.2) is 0 Å². The van der Waals surface area contributed by atoms with Crippen molar-refractivity contribution in [3.8, 4) is 0 Å². The van der Waals surface area contributed by atoms with E-state index in [1.54, 1.807) is 18.9 Å². The maximum Gasteiger partial charge on any atom is 0.242 e. The van der Waals surface area contributed by atoms with Gasteiger partial charge < -0.3 is 15.5 Å². The second kappa shape index (κ2) is 5.84. The van der Waals surface area contributed by atoms with Crippen LogP contribution in [0, 0.1) is 0 Å². The molecule has 1 aliphatic rings. The Labute approximate surface area is 96.6 Å². The van der Waals surface area contributed by atoms with Gasteiger partial charge in [-0.05, 0) is 33.7 Å². The first-order valence-electron chi connectivity index (χ1n) is 5.87. The molecular formula is C11H21N3O2. The minimum atomic E-state index is -0.372. The van der Waals surface area contributed by atoms with Crippen LogP contribution >= 0.6 is 0 Å². The Balaban J connectivity index is 2.64. The molecule has 2 unspecified atom stereocenters. The molecule has 2 atom stereocenters. The molecule has 0 saturated carbocycles. The first-order chi connectivity index (χ1) is 7.61.